The third-order valence-electron chi connectivity index (χ3n) is 5.39. The fourth-order valence-corrected chi connectivity index (χ4v) is 3.78. The van der Waals surface area contributed by atoms with Crippen molar-refractivity contribution in [3.8, 4) is 0 Å². The number of hydrogen-bond acceptors (Lipinski definition) is 3. The molecule has 2 aliphatic rings. The van der Waals surface area contributed by atoms with Crippen molar-refractivity contribution in [2.24, 2.45) is 17.3 Å². The number of nitrogens with zero attached hydrogens (tertiary/aromatic N) is 2. The van der Waals surface area contributed by atoms with Crippen LogP contribution in [0, 0.1) is 17.3 Å². The van der Waals surface area contributed by atoms with Crippen LogP contribution in [-0.2, 0) is 4.79 Å². The van der Waals surface area contributed by atoms with Gasteiger partial charge < -0.3 is 14.9 Å². The minimum Gasteiger partial charge on any atom is -0.391 e. The lowest BCUT2D eigenvalue weighted by Gasteiger charge is -2.40. The zero-order valence-electron chi connectivity index (χ0n) is 15.7. The average Bonchev–Trinajstić information content (AvgIpc) is 3.27. The van der Waals surface area contributed by atoms with Crippen LogP contribution in [0.3, 0.4) is 0 Å². The summed E-state index contributed by atoms with van der Waals surface area (Å²) in [6.45, 7) is 11.1. The van der Waals surface area contributed by atoms with Crippen molar-refractivity contribution in [3.63, 3.8) is 0 Å². The SMILES string of the molecule is C[C@@H](C(=O)N(C[C@@H](O)CC(C)(C)C)C1CCN(C)CC1)C1CC1. The molecule has 4 nitrogen and oxygen atoms in total. The number of carbonyl (C=O) groups excluding carboxylic acids is 1. The number of piperidine rings is 1. The number of carbonyl (C=O) groups is 1. The monoisotopic (exact) mass is 324 g/mol. The van der Waals surface area contributed by atoms with Gasteiger partial charge in [-0.05, 0) is 63.6 Å². The molecule has 1 aliphatic carbocycles. The van der Waals surface area contributed by atoms with E-state index in [1.807, 2.05) is 4.90 Å². The Balaban J connectivity index is 2.02. The number of aliphatic hydroxyl groups is 1. The molecule has 0 spiro atoms. The van der Waals surface area contributed by atoms with Crippen LogP contribution in [0.1, 0.15) is 59.8 Å². The zero-order valence-corrected chi connectivity index (χ0v) is 15.7. The van der Waals surface area contributed by atoms with Crippen molar-refractivity contribution < 1.29 is 9.90 Å². The third kappa shape index (κ3) is 5.75. The largest absolute Gasteiger partial charge is 0.391 e. The summed E-state index contributed by atoms with van der Waals surface area (Å²) in [7, 11) is 2.14. The predicted molar refractivity (Wildman–Crippen MR) is 94.2 cm³/mol. The second-order valence-corrected chi connectivity index (χ2v) is 9.07. The molecule has 2 rings (SSSR count). The van der Waals surface area contributed by atoms with Gasteiger partial charge >= 0.3 is 0 Å². The number of hydrogen-bond donors (Lipinski definition) is 1. The van der Waals surface area contributed by atoms with E-state index in [1.54, 1.807) is 0 Å². The summed E-state index contributed by atoms with van der Waals surface area (Å²) >= 11 is 0. The van der Waals surface area contributed by atoms with E-state index in [1.165, 1.54) is 12.8 Å². The lowest BCUT2D eigenvalue weighted by molar-refractivity contribution is -0.141. The van der Waals surface area contributed by atoms with E-state index in [0.29, 0.717) is 18.5 Å². The standard InChI is InChI=1S/C19H36N2O2/c1-14(15-6-7-15)18(23)21(13-17(22)12-19(2,3)4)16-8-10-20(5)11-9-16/h14-17,22H,6-13H2,1-5H3/t14-,17+/m1/s1. The van der Waals surface area contributed by atoms with Gasteiger partial charge in [-0.15, -0.1) is 0 Å². The molecule has 23 heavy (non-hydrogen) atoms. The highest BCUT2D eigenvalue weighted by atomic mass is 16.3. The molecule has 4 heteroatoms. The minimum atomic E-state index is -0.426. The maximum absolute atomic E-state index is 13.0. The predicted octanol–water partition coefficient (Wildman–Crippen LogP) is 2.75. The van der Waals surface area contributed by atoms with Crippen LogP contribution < -0.4 is 0 Å². The van der Waals surface area contributed by atoms with E-state index in [9.17, 15) is 9.90 Å². The summed E-state index contributed by atoms with van der Waals surface area (Å²) in [4.78, 5) is 17.4. The summed E-state index contributed by atoms with van der Waals surface area (Å²) in [5.41, 5.74) is 0.0863. The Morgan fingerprint density at radius 2 is 1.78 bits per heavy atom. The van der Waals surface area contributed by atoms with Gasteiger partial charge in [0.05, 0.1) is 6.10 Å². The molecule has 0 aromatic heterocycles. The fourth-order valence-electron chi connectivity index (χ4n) is 3.78. The van der Waals surface area contributed by atoms with E-state index in [-0.39, 0.29) is 17.2 Å². The molecule has 2 fully saturated rings. The van der Waals surface area contributed by atoms with Crippen LogP contribution in [0.25, 0.3) is 0 Å². The van der Waals surface area contributed by atoms with Crippen LogP contribution in [0.15, 0.2) is 0 Å². The van der Waals surface area contributed by atoms with Gasteiger partial charge in [0, 0.05) is 18.5 Å². The van der Waals surface area contributed by atoms with Gasteiger partial charge in [-0.3, -0.25) is 4.79 Å². The van der Waals surface area contributed by atoms with E-state index in [0.717, 1.165) is 32.4 Å². The normalized spacial score (nSPS) is 23.6. The molecule has 0 radical (unpaired) electrons. The lowest BCUT2D eigenvalue weighted by Crippen LogP contribution is -2.51. The van der Waals surface area contributed by atoms with Crippen molar-refractivity contribution in [2.75, 3.05) is 26.7 Å². The van der Waals surface area contributed by atoms with Gasteiger partial charge in [0.15, 0.2) is 0 Å². The van der Waals surface area contributed by atoms with Crippen LogP contribution in [0.5, 0.6) is 0 Å². The Bertz CT molecular complexity index is 393. The molecule has 1 aliphatic heterocycles. The van der Waals surface area contributed by atoms with Crippen LogP contribution in [-0.4, -0.2) is 59.6 Å². The second-order valence-electron chi connectivity index (χ2n) is 9.07. The Morgan fingerprint density at radius 3 is 2.26 bits per heavy atom. The second kappa shape index (κ2) is 7.52. The van der Waals surface area contributed by atoms with Gasteiger partial charge in [-0.2, -0.15) is 0 Å². The molecular weight excluding hydrogens is 288 g/mol. The maximum atomic E-state index is 13.0. The summed E-state index contributed by atoms with van der Waals surface area (Å²) < 4.78 is 0. The summed E-state index contributed by atoms with van der Waals surface area (Å²) in [6, 6.07) is 0.300. The van der Waals surface area contributed by atoms with E-state index in [4.69, 9.17) is 0 Å². The van der Waals surface area contributed by atoms with Gasteiger partial charge in [-0.1, -0.05) is 27.7 Å². The molecule has 1 saturated heterocycles. The first-order valence-corrected chi connectivity index (χ1v) is 9.34. The zero-order chi connectivity index (χ0) is 17.2. The molecule has 0 aromatic carbocycles. The van der Waals surface area contributed by atoms with Gasteiger partial charge in [0.25, 0.3) is 0 Å². The van der Waals surface area contributed by atoms with Crippen molar-refractivity contribution >= 4 is 5.91 Å². The molecule has 0 bridgehead atoms. The summed E-state index contributed by atoms with van der Waals surface area (Å²) in [5.74, 6) is 0.975. The Morgan fingerprint density at radius 1 is 1.22 bits per heavy atom. The Labute approximate surface area is 142 Å². The van der Waals surface area contributed by atoms with Gasteiger partial charge in [-0.25, -0.2) is 0 Å². The number of aliphatic hydroxyl groups excluding tert-OH is 1. The highest BCUT2D eigenvalue weighted by Gasteiger charge is 2.38. The first-order valence-electron chi connectivity index (χ1n) is 9.34. The highest BCUT2D eigenvalue weighted by Crippen LogP contribution is 2.38. The van der Waals surface area contributed by atoms with Gasteiger partial charge in [0.1, 0.15) is 0 Å². The molecule has 134 valence electrons. The van der Waals surface area contributed by atoms with E-state index >= 15 is 0 Å². The first kappa shape index (κ1) is 18.7. The lowest BCUT2D eigenvalue weighted by atomic mass is 9.88. The first-order chi connectivity index (χ1) is 10.7. The molecular formula is C19H36N2O2. The summed E-state index contributed by atoms with van der Waals surface area (Å²) in [6.07, 6.45) is 4.76. The van der Waals surface area contributed by atoms with Crippen LogP contribution in [0.4, 0.5) is 0 Å². The van der Waals surface area contributed by atoms with Crippen LogP contribution in [0.2, 0.25) is 0 Å². The molecule has 2 atom stereocenters. The quantitative estimate of drug-likeness (QED) is 0.817. The number of rotatable bonds is 6. The van der Waals surface area contributed by atoms with Crippen molar-refractivity contribution in [2.45, 2.75) is 71.9 Å². The summed E-state index contributed by atoms with van der Waals surface area (Å²) in [5, 5.41) is 10.5. The smallest absolute Gasteiger partial charge is 0.226 e. The maximum Gasteiger partial charge on any atom is 0.226 e. The molecule has 0 aromatic rings. The molecule has 1 saturated carbocycles. The van der Waals surface area contributed by atoms with E-state index in [2.05, 4.69) is 39.6 Å². The Hall–Kier alpha value is -0.610. The highest BCUT2D eigenvalue weighted by molar-refractivity contribution is 5.79. The van der Waals surface area contributed by atoms with Crippen molar-refractivity contribution in [3.05, 3.63) is 0 Å². The van der Waals surface area contributed by atoms with Gasteiger partial charge in [0.2, 0.25) is 5.91 Å². The topological polar surface area (TPSA) is 43.8 Å². The van der Waals surface area contributed by atoms with Crippen molar-refractivity contribution in [1.29, 1.82) is 0 Å². The number of likely N-dealkylation sites (tertiary alicyclic amines) is 1. The van der Waals surface area contributed by atoms with E-state index < -0.39 is 6.10 Å². The number of amides is 1. The minimum absolute atomic E-state index is 0.0863. The molecule has 1 amide bonds. The third-order valence-corrected chi connectivity index (χ3v) is 5.39. The molecule has 1 heterocycles. The van der Waals surface area contributed by atoms with Crippen LogP contribution >= 0.6 is 0 Å². The molecule has 1 N–H and O–H groups in total. The average molecular weight is 325 g/mol. The Kier molecular flexibility index (Phi) is 6.12. The van der Waals surface area contributed by atoms with Crippen molar-refractivity contribution in [1.82, 2.24) is 9.80 Å². The fraction of sp³-hybridized carbons (Fsp3) is 0.947. The molecule has 0 unspecified atom stereocenters.